The molecule has 2 aromatic rings. The average molecular weight is 284 g/mol. The molecule has 0 amide bonds. The number of carbonyl (C=O) groups excluding carboxylic acids is 1. The van der Waals surface area contributed by atoms with Gasteiger partial charge in [0.25, 0.3) is 0 Å². The molecule has 0 aliphatic carbocycles. The number of methoxy groups -OCH3 is 2. The SMILES string of the molecule is COc1cccc(C[C@@H]2Oc3ccc(OC)cc3C2=O)c1. The summed E-state index contributed by atoms with van der Waals surface area (Å²) in [4.78, 5) is 12.4. The molecule has 0 radical (unpaired) electrons. The number of ketones is 1. The van der Waals surface area contributed by atoms with Crippen molar-refractivity contribution in [3.8, 4) is 17.2 Å². The monoisotopic (exact) mass is 284 g/mol. The second-order valence-electron chi connectivity index (χ2n) is 4.89. The van der Waals surface area contributed by atoms with Crippen molar-refractivity contribution in [3.05, 3.63) is 53.6 Å². The second kappa shape index (κ2) is 5.48. The third-order valence-electron chi connectivity index (χ3n) is 3.57. The number of ether oxygens (including phenoxy) is 3. The predicted molar refractivity (Wildman–Crippen MR) is 78.4 cm³/mol. The highest BCUT2D eigenvalue weighted by Crippen LogP contribution is 2.33. The maximum Gasteiger partial charge on any atom is 0.207 e. The lowest BCUT2D eigenvalue weighted by Gasteiger charge is -2.10. The Bertz CT molecular complexity index is 678. The van der Waals surface area contributed by atoms with Gasteiger partial charge in [-0.25, -0.2) is 0 Å². The Morgan fingerprint density at radius 1 is 1.05 bits per heavy atom. The molecule has 0 fully saturated rings. The fourth-order valence-corrected chi connectivity index (χ4v) is 2.46. The third-order valence-corrected chi connectivity index (χ3v) is 3.57. The first-order valence-corrected chi connectivity index (χ1v) is 6.73. The highest BCUT2D eigenvalue weighted by molar-refractivity contribution is 6.05. The molecular weight excluding hydrogens is 268 g/mol. The van der Waals surface area contributed by atoms with Crippen molar-refractivity contribution in [3.63, 3.8) is 0 Å². The lowest BCUT2D eigenvalue weighted by molar-refractivity contribution is 0.0857. The van der Waals surface area contributed by atoms with E-state index in [1.54, 1.807) is 32.4 Å². The molecule has 4 heteroatoms. The third kappa shape index (κ3) is 2.57. The Kier molecular flexibility index (Phi) is 3.52. The standard InChI is InChI=1S/C17H16O4/c1-19-12-5-3-4-11(8-12)9-16-17(18)14-10-13(20-2)6-7-15(14)21-16/h3-8,10,16H,9H2,1-2H3/t16-/m0/s1. The summed E-state index contributed by atoms with van der Waals surface area (Å²) in [7, 11) is 3.20. The molecule has 0 saturated carbocycles. The van der Waals surface area contributed by atoms with Crippen molar-refractivity contribution in [2.45, 2.75) is 12.5 Å². The molecule has 1 heterocycles. The van der Waals surface area contributed by atoms with Crippen molar-refractivity contribution in [2.24, 2.45) is 0 Å². The summed E-state index contributed by atoms with van der Waals surface area (Å²) in [5.41, 5.74) is 1.59. The highest BCUT2D eigenvalue weighted by atomic mass is 16.5. The summed E-state index contributed by atoms with van der Waals surface area (Å²) in [5.74, 6) is 2.05. The average Bonchev–Trinajstić information content (AvgIpc) is 2.83. The van der Waals surface area contributed by atoms with Crippen molar-refractivity contribution < 1.29 is 19.0 Å². The predicted octanol–water partition coefficient (Wildman–Crippen LogP) is 2.89. The van der Waals surface area contributed by atoms with E-state index in [2.05, 4.69) is 0 Å². The van der Waals surface area contributed by atoms with Crippen LogP contribution in [0.15, 0.2) is 42.5 Å². The minimum Gasteiger partial charge on any atom is -0.497 e. The number of hydrogen-bond acceptors (Lipinski definition) is 4. The van der Waals surface area contributed by atoms with E-state index in [0.29, 0.717) is 23.5 Å². The molecule has 1 aliphatic heterocycles. The Labute approximate surface area is 123 Å². The van der Waals surface area contributed by atoms with Gasteiger partial charge in [0.15, 0.2) is 6.10 Å². The lowest BCUT2D eigenvalue weighted by Crippen LogP contribution is -2.23. The highest BCUT2D eigenvalue weighted by Gasteiger charge is 2.32. The van der Waals surface area contributed by atoms with E-state index in [0.717, 1.165) is 11.3 Å². The second-order valence-corrected chi connectivity index (χ2v) is 4.89. The van der Waals surface area contributed by atoms with Crippen molar-refractivity contribution in [1.29, 1.82) is 0 Å². The van der Waals surface area contributed by atoms with Crippen molar-refractivity contribution >= 4 is 5.78 Å². The van der Waals surface area contributed by atoms with Gasteiger partial charge in [-0.15, -0.1) is 0 Å². The summed E-state index contributed by atoms with van der Waals surface area (Å²) >= 11 is 0. The first-order valence-electron chi connectivity index (χ1n) is 6.73. The van der Waals surface area contributed by atoms with Gasteiger partial charge < -0.3 is 14.2 Å². The number of fused-ring (bicyclic) bond motifs is 1. The van der Waals surface area contributed by atoms with Crippen LogP contribution in [0.3, 0.4) is 0 Å². The zero-order valence-electron chi connectivity index (χ0n) is 12.0. The van der Waals surface area contributed by atoms with Crippen molar-refractivity contribution in [2.75, 3.05) is 14.2 Å². The summed E-state index contributed by atoms with van der Waals surface area (Å²) in [5, 5.41) is 0. The van der Waals surface area contributed by atoms with E-state index in [1.807, 2.05) is 24.3 Å². The molecule has 0 N–H and O–H groups in total. The molecule has 0 bridgehead atoms. The Hall–Kier alpha value is -2.49. The van der Waals surface area contributed by atoms with Gasteiger partial charge in [-0.1, -0.05) is 12.1 Å². The zero-order valence-corrected chi connectivity index (χ0v) is 12.0. The van der Waals surface area contributed by atoms with Gasteiger partial charge in [-0.2, -0.15) is 0 Å². The van der Waals surface area contributed by atoms with Gasteiger partial charge >= 0.3 is 0 Å². The smallest absolute Gasteiger partial charge is 0.207 e. The van der Waals surface area contributed by atoms with Crippen LogP contribution < -0.4 is 14.2 Å². The van der Waals surface area contributed by atoms with E-state index in [1.165, 1.54) is 0 Å². The molecule has 0 saturated heterocycles. The van der Waals surface area contributed by atoms with Crippen LogP contribution in [0.25, 0.3) is 0 Å². The largest absolute Gasteiger partial charge is 0.497 e. The summed E-state index contributed by atoms with van der Waals surface area (Å²) in [6.07, 6.45) is 0.0340. The van der Waals surface area contributed by atoms with Gasteiger partial charge in [-0.05, 0) is 35.9 Å². The normalized spacial score (nSPS) is 16.3. The minimum absolute atomic E-state index is 0.00767. The van der Waals surface area contributed by atoms with Crippen LogP contribution in [0.2, 0.25) is 0 Å². The van der Waals surface area contributed by atoms with E-state index >= 15 is 0 Å². The summed E-state index contributed by atoms with van der Waals surface area (Å²) in [6.45, 7) is 0. The molecule has 2 aromatic carbocycles. The van der Waals surface area contributed by atoms with E-state index < -0.39 is 6.10 Å². The van der Waals surface area contributed by atoms with Crippen LogP contribution >= 0.6 is 0 Å². The Balaban J connectivity index is 1.81. The lowest BCUT2D eigenvalue weighted by atomic mass is 10.0. The maximum absolute atomic E-state index is 12.4. The van der Waals surface area contributed by atoms with Crippen LogP contribution in [0.1, 0.15) is 15.9 Å². The molecule has 0 aromatic heterocycles. The minimum atomic E-state index is -0.487. The number of benzene rings is 2. The molecule has 1 atom stereocenters. The van der Waals surface area contributed by atoms with Crippen LogP contribution in [-0.4, -0.2) is 26.1 Å². The fraction of sp³-hybridized carbons (Fsp3) is 0.235. The molecule has 108 valence electrons. The van der Waals surface area contributed by atoms with Crippen LogP contribution in [0.5, 0.6) is 17.2 Å². The first-order chi connectivity index (χ1) is 10.2. The molecular formula is C17H16O4. The molecule has 21 heavy (non-hydrogen) atoms. The molecule has 0 spiro atoms. The van der Waals surface area contributed by atoms with Gasteiger partial charge in [0.05, 0.1) is 19.8 Å². The van der Waals surface area contributed by atoms with E-state index in [-0.39, 0.29) is 5.78 Å². The summed E-state index contributed by atoms with van der Waals surface area (Å²) in [6, 6.07) is 13.0. The molecule has 4 nitrogen and oxygen atoms in total. The Morgan fingerprint density at radius 3 is 2.57 bits per heavy atom. The number of Topliss-reactive ketones (excluding diaryl/α,β-unsaturated/α-hetero) is 1. The van der Waals surface area contributed by atoms with Crippen LogP contribution in [0.4, 0.5) is 0 Å². The van der Waals surface area contributed by atoms with Gasteiger partial charge in [0, 0.05) is 6.42 Å². The maximum atomic E-state index is 12.4. The zero-order chi connectivity index (χ0) is 14.8. The molecule has 3 rings (SSSR count). The molecule has 1 aliphatic rings. The van der Waals surface area contributed by atoms with Crippen LogP contribution in [-0.2, 0) is 6.42 Å². The van der Waals surface area contributed by atoms with Gasteiger partial charge in [-0.3, -0.25) is 4.79 Å². The first kappa shape index (κ1) is 13.5. The topological polar surface area (TPSA) is 44.8 Å². The summed E-state index contributed by atoms with van der Waals surface area (Å²) < 4.78 is 16.1. The quantitative estimate of drug-likeness (QED) is 0.866. The number of carbonyl (C=O) groups is 1. The van der Waals surface area contributed by atoms with Gasteiger partial charge in [0.1, 0.15) is 17.2 Å². The number of hydrogen-bond donors (Lipinski definition) is 0. The fourth-order valence-electron chi connectivity index (χ4n) is 2.46. The van der Waals surface area contributed by atoms with Gasteiger partial charge in [0.2, 0.25) is 5.78 Å². The number of rotatable bonds is 4. The Morgan fingerprint density at radius 2 is 1.81 bits per heavy atom. The van der Waals surface area contributed by atoms with Crippen molar-refractivity contribution in [1.82, 2.24) is 0 Å². The van der Waals surface area contributed by atoms with E-state index in [9.17, 15) is 4.79 Å². The van der Waals surface area contributed by atoms with Crippen LogP contribution in [0, 0.1) is 0 Å². The van der Waals surface area contributed by atoms with E-state index in [4.69, 9.17) is 14.2 Å². The molecule has 0 unspecified atom stereocenters.